The molecule has 0 aliphatic heterocycles. The Bertz CT molecular complexity index is 695. The molecule has 2 aliphatic carbocycles. The summed E-state index contributed by atoms with van der Waals surface area (Å²) in [6.45, 7) is 0. The highest BCUT2D eigenvalue weighted by molar-refractivity contribution is 7.90. The summed E-state index contributed by atoms with van der Waals surface area (Å²) in [4.78, 5) is 12.0. The monoisotopic (exact) mass is 322 g/mol. The smallest absolute Gasteiger partial charge is 0.314 e. The minimum Gasteiger partial charge on any atom is -0.481 e. The molecule has 1 N–H and O–H groups in total. The summed E-state index contributed by atoms with van der Waals surface area (Å²) in [6.07, 6.45) is 8.03. The fourth-order valence-corrected chi connectivity index (χ4v) is 4.34. The molecule has 0 saturated heterocycles. The van der Waals surface area contributed by atoms with Gasteiger partial charge in [-0.1, -0.05) is 25.3 Å². The lowest BCUT2D eigenvalue weighted by atomic mass is 9.78. The Hall–Kier alpha value is -1.36. The first-order valence-electron chi connectivity index (χ1n) is 7.92. The normalized spacial score (nSPS) is 21.5. The van der Waals surface area contributed by atoms with Crippen LogP contribution in [0.1, 0.15) is 62.0 Å². The summed E-state index contributed by atoms with van der Waals surface area (Å²) in [5.74, 6) is -0.487. The van der Waals surface area contributed by atoms with Crippen molar-refractivity contribution in [2.24, 2.45) is 0 Å². The first kappa shape index (κ1) is 15.5. The molecule has 5 heteroatoms. The van der Waals surface area contributed by atoms with Gasteiger partial charge in [-0.05, 0) is 54.9 Å². The Morgan fingerprint density at radius 3 is 2.32 bits per heavy atom. The SMILES string of the molecule is CS(=O)(=O)c1ccc(C2(C(=O)O)CC2)c(C2CCCCC2)c1. The van der Waals surface area contributed by atoms with E-state index in [4.69, 9.17) is 0 Å². The van der Waals surface area contributed by atoms with Crippen LogP contribution in [0.3, 0.4) is 0 Å². The van der Waals surface area contributed by atoms with Crippen LogP contribution in [0.2, 0.25) is 0 Å². The van der Waals surface area contributed by atoms with Crippen molar-refractivity contribution >= 4 is 15.8 Å². The van der Waals surface area contributed by atoms with Gasteiger partial charge in [0.1, 0.15) is 0 Å². The summed E-state index contributed by atoms with van der Waals surface area (Å²) in [5.41, 5.74) is 1.03. The van der Waals surface area contributed by atoms with Crippen molar-refractivity contribution < 1.29 is 18.3 Å². The number of rotatable bonds is 4. The summed E-state index contributed by atoms with van der Waals surface area (Å²) >= 11 is 0. The number of carbonyl (C=O) groups is 1. The van der Waals surface area contributed by atoms with E-state index in [1.807, 2.05) is 0 Å². The van der Waals surface area contributed by atoms with Gasteiger partial charge in [0.15, 0.2) is 9.84 Å². The van der Waals surface area contributed by atoms with Gasteiger partial charge in [0.2, 0.25) is 0 Å². The zero-order chi connectivity index (χ0) is 16.0. The van der Waals surface area contributed by atoms with E-state index in [-0.39, 0.29) is 0 Å². The van der Waals surface area contributed by atoms with Gasteiger partial charge < -0.3 is 5.11 Å². The Kier molecular flexibility index (Phi) is 3.79. The summed E-state index contributed by atoms with van der Waals surface area (Å²) in [5, 5.41) is 9.59. The molecule has 0 aromatic heterocycles. The predicted octanol–water partition coefficient (Wildman–Crippen LogP) is 3.25. The van der Waals surface area contributed by atoms with Gasteiger partial charge in [-0.15, -0.1) is 0 Å². The maximum atomic E-state index is 11.9. The average molecular weight is 322 g/mol. The summed E-state index contributed by atoms with van der Waals surface area (Å²) in [7, 11) is -3.27. The third-order valence-corrected chi connectivity index (χ3v) is 6.28. The second-order valence-corrected chi connectivity index (χ2v) is 8.76. The van der Waals surface area contributed by atoms with Crippen LogP contribution in [-0.2, 0) is 20.0 Å². The number of benzene rings is 1. The van der Waals surface area contributed by atoms with Crippen LogP contribution in [0.25, 0.3) is 0 Å². The van der Waals surface area contributed by atoms with Crippen molar-refractivity contribution in [3.8, 4) is 0 Å². The molecule has 0 radical (unpaired) electrons. The largest absolute Gasteiger partial charge is 0.481 e. The fraction of sp³-hybridized carbons (Fsp3) is 0.588. The lowest BCUT2D eigenvalue weighted by molar-refractivity contribution is -0.140. The first-order valence-corrected chi connectivity index (χ1v) is 9.82. The Morgan fingerprint density at radius 1 is 1.18 bits per heavy atom. The van der Waals surface area contributed by atoms with Gasteiger partial charge in [0.05, 0.1) is 10.3 Å². The van der Waals surface area contributed by atoms with Gasteiger partial charge in [-0.2, -0.15) is 0 Å². The molecule has 1 aromatic carbocycles. The van der Waals surface area contributed by atoms with E-state index < -0.39 is 21.2 Å². The van der Waals surface area contributed by atoms with Crippen LogP contribution in [0.5, 0.6) is 0 Å². The number of aliphatic carboxylic acids is 1. The van der Waals surface area contributed by atoms with Crippen molar-refractivity contribution in [2.75, 3.05) is 6.26 Å². The van der Waals surface area contributed by atoms with Crippen LogP contribution < -0.4 is 0 Å². The second-order valence-electron chi connectivity index (χ2n) is 6.74. The first-order chi connectivity index (χ1) is 10.3. The molecular weight excluding hydrogens is 300 g/mol. The lowest BCUT2D eigenvalue weighted by Gasteiger charge is -2.27. The van der Waals surface area contributed by atoms with E-state index in [1.54, 1.807) is 18.2 Å². The van der Waals surface area contributed by atoms with Crippen molar-refractivity contribution in [1.82, 2.24) is 0 Å². The van der Waals surface area contributed by atoms with Crippen LogP contribution in [0, 0.1) is 0 Å². The number of carboxylic acid groups (broad SMARTS) is 1. The fourth-order valence-electron chi connectivity index (χ4n) is 3.68. The summed E-state index contributed by atoms with van der Waals surface area (Å²) < 4.78 is 23.7. The highest BCUT2D eigenvalue weighted by Gasteiger charge is 2.53. The standard InChI is InChI=1S/C17H22O4S/c1-22(20,21)13-7-8-15(17(9-10-17)16(18)19)14(11-13)12-5-3-2-4-6-12/h7-8,11-12H,2-6,9-10H2,1H3,(H,18,19). The number of hydrogen-bond acceptors (Lipinski definition) is 3. The maximum absolute atomic E-state index is 11.9. The van der Waals surface area contributed by atoms with Crippen molar-refractivity contribution in [3.05, 3.63) is 29.3 Å². The molecule has 1 aromatic rings. The van der Waals surface area contributed by atoms with Crippen molar-refractivity contribution in [3.63, 3.8) is 0 Å². The minimum atomic E-state index is -3.27. The second kappa shape index (κ2) is 5.37. The molecule has 120 valence electrons. The van der Waals surface area contributed by atoms with E-state index in [1.165, 1.54) is 12.7 Å². The third-order valence-electron chi connectivity index (χ3n) is 5.17. The quantitative estimate of drug-likeness (QED) is 0.923. The maximum Gasteiger partial charge on any atom is 0.314 e. The van der Waals surface area contributed by atoms with E-state index in [9.17, 15) is 18.3 Å². The molecule has 0 heterocycles. The molecule has 0 spiro atoms. The molecule has 2 aliphatic rings. The van der Waals surface area contributed by atoms with Crippen molar-refractivity contribution in [1.29, 1.82) is 0 Å². The Labute approximate surface area is 131 Å². The van der Waals surface area contributed by atoms with Crippen LogP contribution >= 0.6 is 0 Å². The third kappa shape index (κ3) is 2.67. The number of hydrogen-bond donors (Lipinski definition) is 1. The summed E-state index contributed by atoms with van der Waals surface area (Å²) in [6, 6.07) is 5.06. The highest BCUT2D eigenvalue weighted by atomic mass is 32.2. The van der Waals surface area contributed by atoms with E-state index in [0.717, 1.165) is 36.8 Å². The molecule has 0 amide bonds. The van der Waals surface area contributed by atoms with Crippen LogP contribution in [0.4, 0.5) is 0 Å². The average Bonchev–Trinajstić information content (AvgIpc) is 3.28. The lowest BCUT2D eigenvalue weighted by Crippen LogP contribution is -2.23. The van der Waals surface area contributed by atoms with E-state index in [2.05, 4.69) is 0 Å². The van der Waals surface area contributed by atoms with Crippen LogP contribution in [0.15, 0.2) is 23.1 Å². The van der Waals surface area contributed by atoms with E-state index in [0.29, 0.717) is 23.7 Å². The molecule has 2 saturated carbocycles. The van der Waals surface area contributed by atoms with Gasteiger partial charge in [-0.3, -0.25) is 4.79 Å². The highest BCUT2D eigenvalue weighted by Crippen LogP contribution is 2.52. The zero-order valence-corrected chi connectivity index (χ0v) is 13.7. The van der Waals surface area contributed by atoms with Crippen LogP contribution in [-0.4, -0.2) is 25.7 Å². The molecule has 0 atom stereocenters. The minimum absolute atomic E-state index is 0.294. The van der Waals surface area contributed by atoms with Gasteiger partial charge in [0, 0.05) is 6.26 Å². The number of sulfone groups is 1. The molecule has 4 nitrogen and oxygen atoms in total. The molecule has 0 unspecified atom stereocenters. The Balaban J connectivity index is 2.11. The molecule has 22 heavy (non-hydrogen) atoms. The molecular formula is C17H22O4S. The zero-order valence-electron chi connectivity index (χ0n) is 12.8. The van der Waals surface area contributed by atoms with Gasteiger partial charge in [-0.25, -0.2) is 8.42 Å². The van der Waals surface area contributed by atoms with E-state index >= 15 is 0 Å². The topological polar surface area (TPSA) is 71.4 Å². The Morgan fingerprint density at radius 2 is 1.82 bits per heavy atom. The molecule has 3 rings (SSSR count). The molecule has 0 bridgehead atoms. The molecule has 2 fully saturated rings. The van der Waals surface area contributed by atoms with Gasteiger partial charge >= 0.3 is 5.97 Å². The number of carboxylic acids is 1. The van der Waals surface area contributed by atoms with Gasteiger partial charge in [0.25, 0.3) is 0 Å². The predicted molar refractivity (Wildman–Crippen MR) is 83.9 cm³/mol. The van der Waals surface area contributed by atoms with Crippen molar-refractivity contribution in [2.45, 2.75) is 61.2 Å².